The summed E-state index contributed by atoms with van der Waals surface area (Å²) in [6, 6.07) is 7.89. The fraction of sp³-hybridized carbons (Fsp3) is 0.286. The summed E-state index contributed by atoms with van der Waals surface area (Å²) >= 11 is 9.95. The van der Waals surface area contributed by atoms with Gasteiger partial charge in [0.05, 0.1) is 42.5 Å². The van der Waals surface area contributed by atoms with E-state index >= 15 is 0 Å². The fourth-order valence-electron chi connectivity index (χ4n) is 4.13. The van der Waals surface area contributed by atoms with Gasteiger partial charge in [0.15, 0.2) is 0 Å². The summed E-state index contributed by atoms with van der Waals surface area (Å²) in [6.45, 7) is 1.64. The summed E-state index contributed by atoms with van der Waals surface area (Å²) in [7, 11) is 0. The lowest BCUT2D eigenvalue weighted by molar-refractivity contribution is -0.0287. The lowest BCUT2D eigenvalue weighted by Crippen LogP contribution is -2.46. The van der Waals surface area contributed by atoms with Crippen LogP contribution in [0.1, 0.15) is 5.56 Å². The second-order valence-corrected chi connectivity index (χ2v) is 8.50. The van der Waals surface area contributed by atoms with Crippen LogP contribution in [-0.4, -0.2) is 61.1 Å². The van der Waals surface area contributed by atoms with E-state index in [1.807, 2.05) is 35.1 Å². The standard InChI is InChI=1S/C21H19BrClN5O3/c22-8-13-5-18-19(24-12-25-28(18)9-13)17-7-15(23)6-14-1-2-26(20(14)17)10-16-11-27(21(29)30)3-4-31-16/h1-2,5-7,9,12,16H,3-4,8,10-11H2,(H,29,30). The van der Waals surface area contributed by atoms with Crippen LogP contribution < -0.4 is 0 Å². The first-order chi connectivity index (χ1) is 15.0. The number of rotatable bonds is 4. The average molecular weight is 505 g/mol. The summed E-state index contributed by atoms with van der Waals surface area (Å²) in [5.41, 5.74) is 4.64. The molecule has 4 heterocycles. The van der Waals surface area contributed by atoms with Crippen LogP contribution in [0.5, 0.6) is 0 Å². The van der Waals surface area contributed by atoms with Crippen LogP contribution in [0.25, 0.3) is 27.7 Å². The monoisotopic (exact) mass is 503 g/mol. The summed E-state index contributed by atoms with van der Waals surface area (Å²) in [5.74, 6) is 0. The second kappa shape index (κ2) is 8.14. The van der Waals surface area contributed by atoms with Crippen molar-refractivity contribution in [2.24, 2.45) is 0 Å². The molecule has 8 nitrogen and oxygen atoms in total. The van der Waals surface area contributed by atoms with Crippen LogP contribution >= 0.6 is 27.5 Å². The molecule has 1 N–H and O–H groups in total. The third kappa shape index (κ3) is 3.77. The second-order valence-electron chi connectivity index (χ2n) is 7.50. The zero-order chi connectivity index (χ0) is 21.5. The number of benzene rings is 1. The van der Waals surface area contributed by atoms with E-state index in [-0.39, 0.29) is 6.10 Å². The van der Waals surface area contributed by atoms with Crippen LogP contribution in [0.15, 0.2) is 43.0 Å². The normalized spacial score (nSPS) is 17.0. The smallest absolute Gasteiger partial charge is 0.407 e. The Bertz CT molecular complexity index is 1290. The number of aromatic nitrogens is 4. The van der Waals surface area contributed by atoms with Crippen molar-refractivity contribution in [3.05, 3.63) is 53.6 Å². The Labute approximate surface area is 191 Å². The molecule has 0 aliphatic carbocycles. The number of fused-ring (bicyclic) bond motifs is 2. The first-order valence-electron chi connectivity index (χ1n) is 9.80. The van der Waals surface area contributed by atoms with Gasteiger partial charge in [-0.05, 0) is 29.8 Å². The van der Waals surface area contributed by atoms with Crippen molar-refractivity contribution >= 4 is 50.0 Å². The molecule has 0 spiro atoms. The molecule has 0 saturated carbocycles. The van der Waals surface area contributed by atoms with E-state index in [4.69, 9.17) is 16.3 Å². The Morgan fingerprint density at radius 1 is 1.35 bits per heavy atom. The van der Waals surface area contributed by atoms with Gasteiger partial charge in [-0.3, -0.25) is 0 Å². The van der Waals surface area contributed by atoms with Crippen molar-refractivity contribution in [3.63, 3.8) is 0 Å². The number of ether oxygens (including phenoxy) is 1. The van der Waals surface area contributed by atoms with E-state index in [2.05, 4.69) is 36.6 Å². The molecule has 4 aromatic rings. The van der Waals surface area contributed by atoms with Gasteiger partial charge in [-0.15, -0.1) is 0 Å². The third-order valence-electron chi connectivity index (χ3n) is 5.51. The van der Waals surface area contributed by atoms with Crippen molar-refractivity contribution in [2.75, 3.05) is 19.7 Å². The summed E-state index contributed by atoms with van der Waals surface area (Å²) in [4.78, 5) is 17.4. The number of carbonyl (C=O) groups is 1. The Morgan fingerprint density at radius 2 is 2.23 bits per heavy atom. The van der Waals surface area contributed by atoms with Gasteiger partial charge in [0.2, 0.25) is 0 Å². The van der Waals surface area contributed by atoms with Gasteiger partial charge in [0.1, 0.15) is 6.33 Å². The van der Waals surface area contributed by atoms with E-state index in [9.17, 15) is 9.90 Å². The largest absolute Gasteiger partial charge is 0.465 e. The minimum absolute atomic E-state index is 0.234. The molecule has 1 saturated heterocycles. The fourth-order valence-corrected chi connectivity index (χ4v) is 4.67. The Morgan fingerprint density at radius 3 is 3.03 bits per heavy atom. The van der Waals surface area contributed by atoms with Crippen LogP contribution in [0.3, 0.4) is 0 Å². The van der Waals surface area contributed by atoms with Gasteiger partial charge in [-0.1, -0.05) is 27.5 Å². The molecule has 10 heteroatoms. The number of alkyl halides is 1. The lowest BCUT2D eigenvalue weighted by Gasteiger charge is -2.31. The molecule has 0 radical (unpaired) electrons. The maximum absolute atomic E-state index is 11.4. The Hall–Kier alpha value is -2.62. The molecule has 1 aliphatic rings. The molecule has 160 valence electrons. The molecule has 5 rings (SSSR count). The van der Waals surface area contributed by atoms with Crippen molar-refractivity contribution in [3.8, 4) is 11.3 Å². The maximum atomic E-state index is 11.4. The Kier molecular flexibility index (Phi) is 5.33. The first kappa shape index (κ1) is 20.3. The van der Waals surface area contributed by atoms with Gasteiger partial charge >= 0.3 is 6.09 Å². The molecule has 1 fully saturated rings. The minimum Gasteiger partial charge on any atom is -0.465 e. The zero-order valence-electron chi connectivity index (χ0n) is 16.4. The third-order valence-corrected chi connectivity index (χ3v) is 6.37. The van der Waals surface area contributed by atoms with Crippen LogP contribution in [0, 0.1) is 0 Å². The molecular weight excluding hydrogens is 486 g/mol. The van der Waals surface area contributed by atoms with Gasteiger partial charge in [-0.25, -0.2) is 14.3 Å². The number of halogens is 2. The van der Waals surface area contributed by atoms with Crippen molar-refractivity contribution < 1.29 is 14.6 Å². The predicted octanol–water partition coefficient (Wildman–Crippen LogP) is 4.28. The molecule has 1 aliphatic heterocycles. The van der Waals surface area contributed by atoms with Crippen LogP contribution in [0.2, 0.25) is 5.02 Å². The van der Waals surface area contributed by atoms with Crippen molar-refractivity contribution in [2.45, 2.75) is 18.0 Å². The molecule has 0 bridgehead atoms. The van der Waals surface area contributed by atoms with Crippen LogP contribution in [-0.2, 0) is 16.6 Å². The molecular formula is C21H19BrClN5O3. The maximum Gasteiger partial charge on any atom is 0.407 e. The van der Waals surface area contributed by atoms with Gasteiger partial charge in [0.25, 0.3) is 0 Å². The molecule has 1 aromatic carbocycles. The van der Waals surface area contributed by atoms with Gasteiger partial charge < -0.3 is 19.3 Å². The van der Waals surface area contributed by atoms with Crippen molar-refractivity contribution in [1.29, 1.82) is 0 Å². The van der Waals surface area contributed by atoms with E-state index in [1.165, 1.54) is 11.2 Å². The Balaban J connectivity index is 1.61. The molecule has 1 unspecified atom stereocenters. The summed E-state index contributed by atoms with van der Waals surface area (Å²) in [6.07, 6.45) is 4.33. The van der Waals surface area contributed by atoms with Gasteiger partial charge in [-0.2, -0.15) is 5.10 Å². The van der Waals surface area contributed by atoms with Crippen LogP contribution in [0.4, 0.5) is 4.79 Å². The highest BCUT2D eigenvalue weighted by Crippen LogP contribution is 2.34. The highest BCUT2D eigenvalue weighted by Gasteiger charge is 2.25. The minimum atomic E-state index is -0.919. The number of amides is 1. The molecule has 3 aromatic heterocycles. The highest BCUT2D eigenvalue weighted by atomic mass is 79.9. The SMILES string of the molecule is O=C(O)N1CCOC(Cn2ccc3cc(Cl)cc(-c4ncnn5cc(CBr)cc45)c32)C1. The molecule has 31 heavy (non-hydrogen) atoms. The molecule has 1 atom stereocenters. The highest BCUT2D eigenvalue weighted by molar-refractivity contribution is 9.08. The lowest BCUT2D eigenvalue weighted by atomic mass is 10.1. The molecule has 1 amide bonds. The van der Waals surface area contributed by atoms with E-state index in [1.54, 1.807) is 0 Å². The average Bonchev–Trinajstić information content (AvgIpc) is 3.37. The van der Waals surface area contributed by atoms with E-state index in [0.29, 0.717) is 31.3 Å². The first-order valence-corrected chi connectivity index (χ1v) is 11.3. The number of hydrogen-bond donors (Lipinski definition) is 1. The number of morpholine rings is 1. The zero-order valence-corrected chi connectivity index (χ0v) is 18.8. The summed E-state index contributed by atoms with van der Waals surface area (Å²) < 4.78 is 9.75. The number of nitrogens with zero attached hydrogens (tertiary/aromatic N) is 5. The number of hydrogen-bond acceptors (Lipinski definition) is 4. The summed E-state index contributed by atoms with van der Waals surface area (Å²) in [5, 5.41) is 16.0. The topological polar surface area (TPSA) is 84.9 Å². The van der Waals surface area contributed by atoms with Crippen molar-refractivity contribution in [1.82, 2.24) is 24.1 Å². The van der Waals surface area contributed by atoms with E-state index in [0.717, 1.165) is 38.6 Å². The predicted molar refractivity (Wildman–Crippen MR) is 121 cm³/mol. The quantitative estimate of drug-likeness (QED) is 0.419. The number of carboxylic acid groups (broad SMARTS) is 1. The van der Waals surface area contributed by atoms with Gasteiger partial charge in [0, 0.05) is 40.2 Å². The van der Waals surface area contributed by atoms with E-state index < -0.39 is 6.09 Å².